The lowest BCUT2D eigenvalue weighted by atomic mass is 10.0. The van der Waals surface area contributed by atoms with Crippen molar-refractivity contribution in [3.05, 3.63) is 35.4 Å². The van der Waals surface area contributed by atoms with Crippen LogP contribution >= 0.6 is 0 Å². The van der Waals surface area contributed by atoms with Crippen LogP contribution in [0.4, 0.5) is 0 Å². The van der Waals surface area contributed by atoms with Gasteiger partial charge in [-0.3, -0.25) is 4.79 Å². The molecule has 0 unspecified atom stereocenters. The molecule has 1 aliphatic heterocycles. The molecule has 0 radical (unpaired) electrons. The first-order valence-electron chi connectivity index (χ1n) is 9.40. The number of hydrogen-bond donors (Lipinski definition) is 2. The third-order valence-corrected chi connectivity index (χ3v) is 4.65. The predicted octanol–water partition coefficient (Wildman–Crippen LogP) is 4.07. The number of carbonyl (C=O) groups is 1. The molecule has 0 aliphatic carbocycles. The van der Waals surface area contributed by atoms with Crippen molar-refractivity contribution in [2.24, 2.45) is 0 Å². The smallest absolute Gasteiger partial charge is 0.251 e. The van der Waals surface area contributed by atoms with Crippen LogP contribution in [0.25, 0.3) is 0 Å². The topological polar surface area (TPSA) is 41.1 Å². The third-order valence-electron chi connectivity index (χ3n) is 4.65. The van der Waals surface area contributed by atoms with Gasteiger partial charge in [0.05, 0.1) is 6.04 Å². The van der Waals surface area contributed by atoms with E-state index in [0.717, 1.165) is 25.1 Å². The first kappa shape index (κ1) is 18.0. The van der Waals surface area contributed by atoms with Gasteiger partial charge in [-0.05, 0) is 30.5 Å². The molecule has 23 heavy (non-hydrogen) atoms. The zero-order chi connectivity index (χ0) is 16.3. The minimum absolute atomic E-state index is 0.0510. The van der Waals surface area contributed by atoms with Crippen molar-refractivity contribution in [2.45, 2.75) is 70.8 Å². The van der Waals surface area contributed by atoms with Gasteiger partial charge in [-0.2, -0.15) is 0 Å². The van der Waals surface area contributed by atoms with Gasteiger partial charge in [0.2, 0.25) is 0 Å². The van der Waals surface area contributed by atoms with Crippen molar-refractivity contribution in [2.75, 3.05) is 13.1 Å². The number of nitrogens with one attached hydrogen (secondary N) is 2. The normalized spacial score (nSPS) is 14.5. The lowest BCUT2D eigenvalue weighted by Gasteiger charge is -2.27. The molecule has 0 saturated carbocycles. The Hall–Kier alpha value is -1.35. The largest absolute Gasteiger partial charge is 0.347 e. The van der Waals surface area contributed by atoms with E-state index < -0.39 is 0 Å². The number of rotatable bonds is 11. The molecule has 2 N–H and O–H groups in total. The van der Waals surface area contributed by atoms with Crippen LogP contribution in [0, 0.1) is 0 Å². The van der Waals surface area contributed by atoms with Gasteiger partial charge in [-0.15, -0.1) is 0 Å². The minimum Gasteiger partial charge on any atom is -0.347 e. The minimum atomic E-state index is 0.0510. The van der Waals surface area contributed by atoms with E-state index in [1.807, 2.05) is 12.1 Å². The summed E-state index contributed by atoms with van der Waals surface area (Å²) in [7, 11) is 0. The SMILES string of the molecule is CCCCCCCCCCc1ccc(C(=O)NC2CNC2)cc1. The summed E-state index contributed by atoms with van der Waals surface area (Å²) in [4.78, 5) is 12.0. The van der Waals surface area contributed by atoms with Crippen molar-refractivity contribution in [1.29, 1.82) is 0 Å². The van der Waals surface area contributed by atoms with Gasteiger partial charge in [0.15, 0.2) is 0 Å². The summed E-state index contributed by atoms with van der Waals surface area (Å²) in [6.45, 7) is 4.05. The fraction of sp³-hybridized carbons (Fsp3) is 0.650. The number of aryl methyl sites for hydroxylation is 1. The Kier molecular flexibility index (Phi) is 8.16. The first-order chi connectivity index (χ1) is 11.3. The number of benzene rings is 1. The molecule has 0 spiro atoms. The maximum atomic E-state index is 12.0. The molecule has 0 aromatic heterocycles. The third kappa shape index (κ3) is 6.74. The molecular formula is C20H32N2O. The van der Waals surface area contributed by atoms with Gasteiger partial charge >= 0.3 is 0 Å². The second-order valence-corrected chi connectivity index (χ2v) is 6.75. The van der Waals surface area contributed by atoms with E-state index >= 15 is 0 Å². The molecule has 0 bridgehead atoms. The molecule has 1 amide bonds. The van der Waals surface area contributed by atoms with Crippen LogP contribution in [0.5, 0.6) is 0 Å². The molecular weight excluding hydrogens is 284 g/mol. The fourth-order valence-electron chi connectivity index (χ4n) is 2.95. The van der Waals surface area contributed by atoms with E-state index in [9.17, 15) is 4.79 Å². The monoisotopic (exact) mass is 316 g/mol. The second kappa shape index (κ2) is 10.4. The van der Waals surface area contributed by atoms with E-state index in [1.54, 1.807) is 0 Å². The second-order valence-electron chi connectivity index (χ2n) is 6.75. The zero-order valence-electron chi connectivity index (χ0n) is 14.6. The number of unbranched alkanes of at least 4 members (excludes halogenated alkanes) is 7. The van der Waals surface area contributed by atoms with E-state index in [0.29, 0.717) is 6.04 Å². The average molecular weight is 316 g/mol. The number of amides is 1. The van der Waals surface area contributed by atoms with Crippen molar-refractivity contribution in [1.82, 2.24) is 10.6 Å². The van der Waals surface area contributed by atoms with E-state index in [4.69, 9.17) is 0 Å². The molecule has 3 nitrogen and oxygen atoms in total. The molecule has 1 saturated heterocycles. The maximum Gasteiger partial charge on any atom is 0.251 e. The summed E-state index contributed by atoms with van der Waals surface area (Å²) in [5, 5.41) is 6.19. The Morgan fingerprint density at radius 3 is 2.17 bits per heavy atom. The quantitative estimate of drug-likeness (QED) is 0.604. The molecule has 1 aromatic rings. The van der Waals surface area contributed by atoms with Crippen LogP contribution in [-0.4, -0.2) is 25.0 Å². The van der Waals surface area contributed by atoms with Gasteiger partial charge in [0, 0.05) is 18.7 Å². The highest BCUT2D eigenvalue weighted by Gasteiger charge is 2.19. The molecule has 1 aliphatic rings. The van der Waals surface area contributed by atoms with Crippen molar-refractivity contribution < 1.29 is 4.79 Å². The molecule has 3 heteroatoms. The van der Waals surface area contributed by atoms with Gasteiger partial charge in [0.25, 0.3) is 5.91 Å². The Balaban J connectivity index is 1.58. The highest BCUT2D eigenvalue weighted by molar-refractivity contribution is 5.94. The standard InChI is InChI=1S/C20H32N2O/c1-2-3-4-5-6-7-8-9-10-17-11-13-18(14-12-17)20(23)22-19-15-21-16-19/h11-14,19,21H,2-10,15-16H2,1H3,(H,22,23). The Morgan fingerprint density at radius 2 is 1.61 bits per heavy atom. The molecule has 1 aromatic carbocycles. The van der Waals surface area contributed by atoms with Gasteiger partial charge in [0.1, 0.15) is 0 Å². The highest BCUT2D eigenvalue weighted by atomic mass is 16.1. The van der Waals surface area contributed by atoms with E-state index in [1.165, 1.54) is 56.9 Å². The van der Waals surface area contributed by atoms with Gasteiger partial charge in [-0.1, -0.05) is 64.0 Å². The van der Waals surface area contributed by atoms with Crippen LogP contribution in [0.2, 0.25) is 0 Å². The van der Waals surface area contributed by atoms with Crippen molar-refractivity contribution >= 4 is 5.91 Å². The predicted molar refractivity (Wildman–Crippen MR) is 96.9 cm³/mol. The lowest BCUT2D eigenvalue weighted by molar-refractivity contribution is 0.0924. The first-order valence-corrected chi connectivity index (χ1v) is 9.40. The summed E-state index contributed by atoms with van der Waals surface area (Å²) in [5.74, 6) is 0.0510. The average Bonchev–Trinajstić information content (AvgIpc) is 2.54. The number of carbonyl (C=O) groups excluding carboxylic acids is 1. The van der Waals surface area contributed by atoms with Crippen LogP contribution in [-0.2, 0) is 6.42 Å². The van der Waals surface area contributed by atoms with Crippen molar-refractivity contribution in [3.8, 4) is 0 Å². The highest BCUT2D eigenvalue weighted by Crippen LogP contribution is 2.12. The van der Waals surface area contributed by atoms with Crippen molar-refractivity contribution in [3.63, 3.8) is 0 Å². The van der Waals surface area contributed by atoms with Crippen LogP contribution in [0.3, 0.4) is 0 Å². The van der Waals surface area contributed by atoms with E-state index in [-0.39, 0.29) is 5.91 Å². The van der Waals surface area contributed by atoms with Gasteiger partial charge in [-0.25, -0.2) is 0 Å². The maximum absolute atomic E-state index is 12.0. The fourth-order valence-corrected chi connectivity index (χ4v) is 2.95. The van der Waals surface area contributed by atoms with Crippen LogP contribution in [0.1, 0.15) is 74.2 Å². The molecule has 1 heterocycles. The Bertz CT molecular complexity index is 451. The summed E-state index contributed by atoms with van der Waals surface area (Å²) in [6.07, 6.45) is 12.0. The Morgan fingerprint density at radius 1 is 1.00 bits per heavy atom. The summed E-state index contributed by atoms with van der Waals surface area (Å²) in [5.41, 5.74) is 2.12. The summed E-state index contributed by atoms with van der Waals surface area (Å²) in [6, 6.07) is 8.44. The van der Waals surface area contributed by atoms with Crippen LogP contribution in [0.15, 0.2) is 24.3 Å². The zero-order valence-corrected chi connectivity index (χ0v) is 14.6. The lowest BCUT2D eigenvalue weighted by Crippen LogP contribution is -2.56. The molecule has 2 rings (SSSR count). The molecule has 128 valence electrons. The molecule has 1 fully saturated rings. The van der Waals surface area contributed by atoms with E-state index in [2.05, 4.69) is 29.7 Å². The van der Waals surface area contributed by atoms with Crippen LogP contribution < -0.4 is 10.6 Å². The summed E-state index contributed by atoms with van der Waals surface area (Å²) < 4.78 is 0. The Labute approximate surface area is 141 Å². The summed E-state index contributed by atoms with van der Waals surface area (Å²) >= 11 is 0. The molecule has 0 atom stereocenters. The van der Waals surface area contributed by atoms with Gasteiger partial charge < -0.3 is 10.6 Å². The number of hydrogen-bond acceptors (Lipinski definition) is 2.